The lowest BCUT2D eigenvalue weighted by molar-refractivity contribution is -0.124. The third-order valence-electron chi connectivity index (χ3n) is 3.00. The van der Waals surface area contributed by atoms with Crippen molar-refractivity contribution in [3.05, 3.63) is 0 Å². The smallest absolute Gasteiger partial charge is 0.312 e. The molecule has 1 unspecified atom stereocenters. The maximum absolute atomic E-state index is 12.0. The summed E-state index contributed by atoms with van der Waals surface area (Å²) < 4.78 is 0. The van der Waals surface area contributed by atoms with Gasteiger partial charge in [0, 0.05) is 13.2 Å². The summed E-state index contributed by atoms with van der Waals surface area (Å²) in [6, 6.07) is -1.32. The van der Waals surface area contributed by atoms with Crippen LogP contribution in [0, 0.1) is 11.3 Å². The number of hydrogen-bond acceptors (Lipinski definition) is 3. The molecule has 19 heavy (non-hydrogen) atoms. The topological polar surface area (TPSA) is 104 Å². The lowest BCUT2D eigenvalue weighted by atomic mass is 9.87. The molecule has 0 heterocycles. The molecule has 3 amide bonds. The molecule has 0 spiro atoms. The van der Waals surface area contributed by atoms with E-state index in [1.165, 1.54) is 0 Å². The van der Waals surface area contributed by atoms with Crippen molar-refractivity contribution in [2.24, 2.45) is 17.1 Å². The fourth-order valence-electron chi connectivity index (χ4n) is 1.77. The van der Waals surface area contributed by atoms with Gasteiger partial charge in [-0.1, -0.05) is 27.7 Å². The van der Waals surface area contributed by atoms with E-state index in [1.807, 2.05) is 27.7 Å². The van der Waals surface area contributed by atoms with Crippen molar-refractivity contribution in [3.63, 3.8) is 0 Å². The quantitative estimate of drug-likeness (QED) is 0.520. The van der Waals surface area contributed by atoms with E-state index in [1.54, 1.807) is 0 Å². The Morgan fingerprint density at radius 2 is 1.89 bits per heavy atom. The van der Waals surface area contributed by atoms with Crippen molar-refractivity contribution < 1.29 is 14.7 Å². The van der Waals surface area contributed by atoms with E-state index in [9.17, 15) is 9.59 Å². The second-order valence-corrected chi connectivity index (χ2v) is 5.94. The van der Waals surface area contributed by atoms with E-state index in [-0.39, 0.29) is 23.8 Å². The van der Waals surface area contributed by atoms with Gasteiger partial charge in [0.05, 0.1) is 0 Å². The fraction of sp³-hybridized carbons (Fsp3) is 0.846. The monoisotopic (exact) mass is 273 g/mol. The molecule has 0 aliphatic heterocycles. The predicted molar refractivity (Wildman–Crippen MR) is 74.5 cm³/mol. The number of aliphatic hydroxyl groups is 1. The second-order valence-electron chi connectivity index (χ2n) is 5.94. The molecule has 0 aromatic heterocycles. The summed E-state index contributed by atoms with van der Waals surface area (Å²) in [5, 5.41) is 14.1. The number of carbonyl (C=O) groups is 2. The van der Waals surface area contributed by atoms with Crippen molar-refractivity contribution in [2.45, 2.75) is 46.6 Å². The Morgan fingerprint density at radius 1 is 1.32 bits per heavy atom. The molecule has 0 aromatic rings. The number of carbonyl (C=O) groups excluding carboxylic acids is 2. The fourth-order valence-corrected chi connectivity index (χ4v) is 1.77. The van der Waals surface area contributed by atoms with Crippen LogP contribution in [0.5, 0.6) is 0 Å². The second kappa shape index (κ2) is 7.99. The molecule has 0 aliphatic rings. The Bertz CT molecular complexity index is 304. The summed E-state index contributed by atoms with van der Waals surface area (Å²) in [4.78, 5) is 22.9. The van der Waals surface area contributed by atoms with E-state index in [2.05, 4.69) is 10.6 Å². The summed E-state index contributed by atoms with van der Waals surface area (Å²) >= 11 is 0. The van der Waals surface area contributed by atoms with E-state index in [4.69, 9.17) is 10.8 Å². The van der Waals surface area contributed by atoms with Gasteiger partial charge in [-0.2, -0.15) is 0 Å². The molecular weight excluding hydrogens is 246 g/mol. The average molecular weight is 273 g/mol. The van der Waals surface area contributed by atoms with E-state index >= 15 is 0 Å². The van der Waals surface area contributed by atoms with Crippen molar-refractivity contribution in [1.82, 2.24) is 10.6 Å². The van der Waals surface area contributed by atoms with Crippen molar-refractivity contribution >= 4 is 11.9 Å². The highest BCUT2D eigenvalue weighted by Gasteiger charge is 2.25. The summed E-state index contributed by atoms with van der Waals surface area (Å²) in [6.45, 7) is 8.38. The number of urea groups is 1. The highest BCUT2D eigenvalue weighted by atomic mass is 16.3. The third kappa shape index (κ3) is 7.66. The summed E-state index contributed by atoms with van der Waals surface area (Å²) in [5.41, 5.74) is 4.97. The van der Waals surface area contributed by atoms with Gasteiger partial charge in [0.25, 0.3) is 0 Å². The lowest BCUT2D eigenvalue weighted by Crippen LogP contribution is -2.52. The first kappa shape index (κ1) is 17.7. The van der Waals surface area contributed by atoms with Crippen LogP contribution in [0.2, 0.25) is 0 Å². The first-order valence-electron chi connectivity index (χ1n) is 6.64. The Balaban J connectivity index is 4.36. The Kier molecular flexibility index (Phi) is 7.44. The van der Waals surface area contributed by atoms with E-state index < -0.39 is 12.1 Å². The molecule has 5 N–H and O–H groups in total. The molecule has 112 valence electrons. The van der Waals surface area contributed by atoms with Gasteiger partial charge in [0.1, 0.15) is 6.04 Å². The minimum absolute atomic E-state index is 0.0342. The van der Waals surface area contributed by atoms with Crippen LogP contribution in [-0.2, 0) is 4.79 Å². The SMILES string of the molecule is CC(C)C(NC(N)=O)C(=O)NCC(C)(C)CCCO. The highest BCUT2D eigenvalue weighted by Crippen LogP contribution is 2.20. The zero-order valence-corrected chi connectivity index (χ0v) is 12.3. The largest absolute Gasteiger partial charge is 0.396 e. The number of hydrogen-bond donors (Lipinski definition) is 4. The van der Waals surface area contributed by atoms with Crippen LogP contribution in [0.25, 0.3) is 0 Å². The molecule has 6 heteroatoms. The minimum atomic E-state index is -0.701. The molecule has 0 saturated heterocycles. The van der Waals surface area contributed by atoms with Gasteiger partial charge < -0.3 is 21.5 Å². The molecule has 0 aliphatic carbocycles. The van der Waals surface area contributed by atoms with Gasteiger partial charge >= 0.3 is 6.03 Å². The van der Waals surface area contributed by atoms with E-state index in [0.29, 0.717) is 13.0 Å². The molecule has 0 saturated carbocycles. The Hall–Kier alpha value is -1.30. The number of amides is 3. The van der Waals surface area contributed by atoms with Crippen molar-refractivity contribution in [1.29, 1.82) is 0 Å². The van der Waals surface area contributed by atoms with Gasteiger partial charge in [0.15, 0.2) is 0 Å². The van der Waals surface area contributed by atoms with E-state index in [0.717, 1.165) is 6.42 Å². The molecule has 0 rings (SSSR count). The Morgan fingerprint density at radius 3 is 2.32 bits per heavy atom. The predicted octanol–water partition coefficient (Wildman–Crippen LogP) is 0.594. The molecular formula is C13H27N3O3. The molecule has 0 radical (unpaired) electrons. The van der Waals surface area contributed by atoms with Gasteiger partial charge in [0.2, 0.25) is 5.91 Å². The molecule has 0 bridgehead atoms. The van der Waals surface area contributed by atoms with Crippen LogP contribution in [0.15, 0.2) is 0 Å². The van der Waals surface area contributed by atoms with Crippen LogP contribution >= 0.6 is 0 Å². The average Bonchev–Trinajstić information content (AvgIpc) is 2.30. The van der Waals surface area contributed by atoms with Crippen LogP contribution in [0.4, 0.5) is 4.79 Å². The summed E-state index contributed by atoms with van der Waals surface area (Å²) in [5.74, 6) is -0.265. The molecule has 1 atom stereocenters. The summed E-state index contributed by atoms with van der Waals surface area (Å²) in [6.07, 6.45) is 1.52. The third-order valence-corrected chi connectivity index (χ3v) is 3.00. The highest BCUT2D eigenvalue weighted by molar-refractivity contribution is 5.86. The normalized spacial score (nSPS) is 13.2. The maximum atomic E-state index is 12.0. The number of rotatable bonds is 8. The minimum Gasteiger partial charge on any atom is -0.396 e. The molecule has 6 nitrogen and oxygen atoms in total. The van der Waals surface area contributed by atoms with Crippen LogP contribution < -0.4 is 16.4 Å². The van der Waals surface area contributed by atoms with Gasteiger partial charge in [-0.15, -0.1) is 0 Å². The Labute approximate surface area is 115 Å². The number of aliphatic hydroxyl groups excluding tert-OH is 1. The van der Waals surface area contributed by atoms with Crippen LogP contribution in [0.1, 0.15) is 40.5 Å². The standard InChI is InChI=1S/C13H27N3O3/c1-9(2)10(16-12(14)19)11(18)15-8-13(3,4)6-5-7-17/h9-10,17H,5-8H2,1-4H3,(H,15,18)(H3,14,16,19). The first-order valence-corrected chi connectivity index (χ1v) is 6.64. The molecule has 0 aromatic carbocycles. The van der Waals surface area contributed by atoms with Crippen LogP contribution in [0.3, 0.4) is 0 Å². The first-order chi connectivity index (χ1) is 8.69. The van der Waals surface area contributed by atoms with Gasteiger partial charge in [-0.3, -0.25) is 4.79 Å². The number of primary amides is 1. The van der Waals surface area contributed by atoms with Gasteiger partial charge in [-0.05, 0) is 24.2 Å². The number of nitrogens with one attached hydrogen (secondary N) is 2. The lowest BCUT2D eigenvalue weighted by Gasteiger charge is -2.27. The van der Waals surface area contributed by atoms with Gasteiger partial charge in [-0.25, -0.2) is 4.79 Å². The summed E-state index contributed by atoms with van der Waals surface area (Å²) in [7, 11) is 0. The maximum Gasteiger partial charge on any atom is 0.312 e. The zero-order chi connectivity index (χ0) is 15.1. The number of nitrogens with two attached hydrogens (primary N) is 1. The zero-order valence-electron chi connectivity index (χ0n) is 12.3. The van der Waals surface area contributed by atoms with Crippen molar-refractivity contribution in [2.75, 3.05) is 13.2 Å². The van der Waals surface area contributed by atoms with Crippen molar-refractivity contribution in [3.8, 4) is 0 Å². The molecule has 0 fully saturated rings. The van der Waals surface area contributed by atoms with Crippen LogP contribution in [-0.4, -0.2) is 36.2 Å².